The fourth-order valence-electron chi connectivity index (χ4n) is 3.23. The van der Waals surface area contributed by atoms with E-state index in [1.165, 1.54) is 0 Å². The minimum absolute atomic E-state index is 0.195. The Balaban J connectivity index is 1.66. The number of thiophene rings is 1. The van der Waals surface area contributed by atoms with E-state index >= 15 is 0 Å². The van der Waals surface area contributed by atoms with Crippen LogP contribution in [-0.4, -0.2) is 41.5 Å². The van der Waals surface area contributed by atoms with E-state index in [1.54, 1.807) is 22.7 Å². The van der Waals surface area contributed by atoms with Gasteiger partial charge in [-0.15, -0.1) is 22.7 Å². The molecule has 3 heterocycles. The molecule has 0 aliphatic carbocycles. The van der Waals surface area contributed by atoms with Gasteiger partial charge < -0.3 is 10.2 Å². The van der Waals surface area contributed by atoms with E-state index in [2.05, 4.69) is 35.8 Å². The van der Waals surface area contributed by atoms with Crippen LogP contribution in [0.1, 0.15) is 11.8 Å². The Bertz CT molecular complexity index is 874. The van der Waals surface area contributed by atoms with Crippen LogP contribution in [0.4, 0.5) is 0 Å². The van der Waals surface area contributed by atoms with Crippen LogP contribution in [0.5, 0.6) is 0 Å². The monoisotopic (exact) mass is 383 g/mol. The highest BCUT2D eigenvalue weighted by molar-refractivity contribution is 7.17. The highest BCUT2D eigenvalue weighted by Crippen LogP contribution is 2.36. The Morgan fingerprint density at radius 1 is 1.27 bits per heavy atom. The topological polar surface area (TPSA) is 45.2 Å². The minimum Gasteiger partial charge on any atom is -0.337 e. The molecule has 1 N–H and O–H groups in total. The number of nitrogens with zero attached hydrogens (tertiary/aromatic N) is 2. The molecule has 26 heavy (non-hydrogen) atoms. The van der Waals surface area contributed by atoms with Gasteiger partial charge in [0.1, 0.15) is 5.01 Å². The first kappa shape index (κ1) is 17.4. The molecule has 1 saturated heterocycles. The number of piperazine rings is 1. The van der Waals surface area contributed by atoms with E-state index in [9.17, 15) is 4.79 Å². The van der Waals surface area contributed by atoms with Gasteiger partial charge in [-0.05, 0) is 18.4 Å². The summed E-state index contributed by atoms with van der Waals surface area (Å²) in [5.41, 5.74) is 2.06. The Hall–Kier alpha value is -2.02. The van der Waals surface area contributed by atoms with Gasteiger partial charge in [-0.2, -0.15) is 0 Å². The zero-order chi connectivity index (χ0) is 17.9. The van der Waals surface area contributed by atoms with Crippen molar-refractivity contribution < 1.29 is 4.79 Å². The summed E-state index contributed by atoms with van der Waals surface area (Å²) in [5, 5.41) is 6.37. The number of aromatic nitrogens is 1. The molecule has 134 valence electrons. The second-order valence-electron chi connectivity index (χ2n) is 6.45. The number of hydrogen-bond acceptors (Lipinski definition) is 5. The molecule has 6 heteroatoms. The maximum atomic E-state index is 12.9. The lowest BCUT2D eigenvalue weighted by molar-refractivity contribution is -0.133. The number of nitrogens with one attached hydrogen (secondary N) is 1. The van der Waals surface area contributed by atoms with Crippen molar-refractivity contribution in [2.45, 2.75) is 19.4 Å². The molecular weight excluding hydrogens is 362 g/mol. The maximum absolute atomic E-state index is 12.9. The van der Waals surface area contributed by atoms with Gasteiger partial charge in [-0.3, -0.25) is 4.79 Å². The van der Waals surface area contributed by atoms with Gasteiger partial charge in [0.25, 0.3) is 0 Å². The summed E-state index contributed by atoms with van der Waals surface area (Å²) in [6, 6.07) is 14.5. The fraction of sp³-hybridized carbons (Fsp3) is 0.300. The van der Waals surface area contributed by atoms with Crippen molar-refractivity contribution in [2.24, 2.45) is 0 Å². The van der Waals surface area contributed by atoms with Gasteiger partial charge in [0, 0.05) is 36.1 Å². The first-order chi connectivity index (χ1) is 12.7. The summed E-state index contributed by atoms with van der Waals surface area (Å²) in [4.78, 5) is 22.0. The first-order valence-corrected chi connectivity index (χ1v) is 10.5. The summed E-state index contributed by atoms with van der Waals surface area (Å²) in [6.45, 7) is 4.61. The molecule has 0 unspecified atom stereocenters. The molecule has 1 fully saturated rings. The normalized spacial score (nSPS) is 17.4. The van der Waals surface area contributed by atoms with Crippen LogP contribution < -0.4 is 5.32 Å². The molecule has 1 amide bonds. The molecule has 1 aliphatic rings. The first-order valence-electron chi connectivity index (χ1n) is 8.81. The number of rotatable bonds is 4. The predicted octanol–water partition coefficient (Wildman–Crippen LogP) is 3.90. The second-order valence-corrected chi connectivity index (χ2v) is 8.48. The molecule has 3 aromatic rings. The van der Waals surface area contributed by atoms with Crippen LogP contribution in [0.3, 0.4) is 0 Å². The highest BCUT2D eigenvalue weighted by atomic mass is 32.1. The van der Waals surface area contributed by atoms with Crippen LogP contribution in [0.15, 0.2) is 47.8 Å². The fourth-order valence-corrected chi connectivity index (χ4v) is 5.11. The quantitative estimate of drug-likeness (QED) is 0.743. The van der Waals surface area contributed by atoms with E-state index in [0.29, 0.717) is 6.42 Å². The molecule has 4 nitrogen and oxygen atoms in total. The Morgan fingerprint density at radius 2 is 2.12 bits per heavy atom. The molecule has 0 radical (unpaired) electrons. The van der Waals surface area contributed by atoms with Crippen molar-refractivity contribution in [3.05, 3.63) is 52.7 Å². The zero-order valence-electron chi connectivity index (χ0n) is 14.6. The van der Waals surface area contributed by atoms with E-state index in [0.717, 1.165) is 45.7 Å². The molecule has 2 aromatic heterocycles. The standard InChI is InChI=1S/C20H21N3OS2/c1-14-13-21-9-10-23(14)18(24)12-17-19(16-8-5-11-25-16)22-20(26-17)15-6-3-2-4-7-15/h2-8,11,14,21H,9-10,12-13H2,1H3/t14-/m1/s1. The number of amides is 1. The van der Waals surface area contributed by atoms with E-state index < -0.39 is 0 Å². The van der Waals surface area contributed by atoms with Crippen LogP contribution >= 0.6 is 22.7 Å². The van der Waals surface area contributed by atoms with Gasteiger partial charge in [0.2, 0.25) is 5.91 Å². The van der Waals surface area contributed by atoms with E-state index in [-0.39, 0.29) is 11.9 Å². The van der Waals surface area contributed by atoms with Crippen LogP contribution in [0, 0.1) is 0 Å². The summed E-state index contributed by atoms with van der Waals surface area (Å²) in [5.74, 6) is 0.195. The molecule has 0 bridgehead atoms. The Kier molecular flexibility index (Phi) is 5.15. The van der Waals surface area contributed by atoms with E-state index in [4.69, 9.17) is 4.98 Å². The van der Waals surface area contributed by atoms with Crippen molar-refractivity contribution >= 4 is 28.6 Å². The van der Waals surface area contributed by atoms with Crippen LogP contribution in [0.25, 0.3) is 21.1 Å². The lowest BCUT2D eigenvalue weighted by atomic mass is 10.1. The lowest BCUT2D eigenvalue weighted by Crippen LogP contribution is -2.52. The highest BCUT2D eigenvalue weighted by Gasteiger charge is 2.25. The molecule has 1 aliphatic heterocycles. The van der Waals surface area contributed by atoms with Crippen molar-refractivity contribution in [3.8, 4) is 21.1 Å². The minimum atomic E-state index is 0.195. The Labute approximate surface area is 161 Å². The summed E-state index contributed by atoms with van der Waals surface area (Å²) in [6.07, 6.45) is 0.419. The number of hydrogen-bond donors (Lipinski definition) is 1. The van der Waals surface area contributed by atoms with Crippen LogP contribution in [-0.2, 0) is 11.2 Å². The third-order valence-electron chi connectivity index (χ3n) is 4.61. The summed E-state index contributed by atoms with van der Waals surface area (Å²) < 4.78 is 0. The van der Waals surface area contributed by atoms with Crippen molar-refractivity contribution in [3.63, 3.8) is 0 Å². The summed E-state index contributed by atoms with van der Waals surface area (Å²) in [7, 11) is 0. The molecule has 1 atom stereocenters. The molecule has 4 rings (SSSR count). The zero-order valence-corrected chi connectivity index (χ0v) is 16.3. The molecule has 1 aromatic carbocycles. The number of benzene rings is 1. The predicted molar refractivity (Wildman–Crippen MR) is 109 cm³/mol. The third kappa shape index (κ3) is 3.58. The maximum Gasteiger partial charge on any atom is 0.228 e. The number of carbonyl (C=O) groups excluding carboxylic acids is 1. The van der Waals surface area contributed by atoms with Crippen molar-refractivity contribution in [1.82, 2.24) is 15.2 Å². The van der Waals surface area contributed by atoms with Crippen molar-refractivity contribution in [2.75, 3.05) is 19.6 Å². The largest absolute Gasteiger partial charge is 0.337 e. The number of carbonyl (C=O) groups is 1. The van der Waals surface area contributed by atoms with Gasteiger partial charge in [-0.1, -0.05) is 36.4 Å². The van der Waals surface area contributed by atoms with Gasteiger partial charge in [0.05, 0.1) is 17.0 Å². The smallest absolute Gasteiger partial charge is 0.228 e. The van der Waals surface area contributed by atoms with E-state index in [1.807, 2.05) is 29.2 Å². The molecule has 0 spiro atoms. The molecule has 0 saturated carbocycles. The van der Waals surface area contributed by atoms with Crippen LogP contribution in [0.2, 0.25) is 0 Å². The number of thiazole rings is 1. The van der Waals surface area contributed by atoms with Crippen molar-refractivity contribution in [1.29, 1.82) is 0 Å². The SMILES string of the molecule is C[C@@H]1CNCCN1C(=O)Cc1sc(-c2ccccc2)nc1-c1cccs1. The average molecular weight is 384 g/mol. The van der Waals surface area contributed by atoms with Gasteiger partial charge in [-0.25, -0.2) is 4.98 Å². The third-order valence-corrected chi connectivity index (χ3v) is 6.59. The Morgan fingerprint density at radius 3 is 2.85 bits per heavy atom. The lowest BCUT2D eigenvalue weighted by Gasteiger charge is -2.34. The second kappa shape index (κ2) is 7.70. The molecular formula is C20H21N3OS2. The van der Waals surface area contributed by atoms with Gasteiger partial charge in [0.15, 0.2) is 0 Å². The summed E-state index contributed by atoms with van der Waals surface area (Å²) >= 11 is 3.31. The average Bonchev–Trinajstić information content (AvgIpc) is 3.32. The van der Waals surface area contributed by atoms with Gasteiger partial charge >= 0.3 is 0 Å².